The molecule has 0 atom stereocenters. The van der Waals surface area contributed by atoms with Crippen molar-refractivity contribution in [3.05, 3.63) is 64.5 Å². The number of nitrogens with one attached hydrogen (secondary N) is 1. The van der Waals surface area contributed by atoms with E-state index in [1.165, 1.54) is 7.11 Å². The molecule has 0 fully saturated rings. The SMILES string of the molecule is COc1c#cc(F)cc1C(=O)Nc1ccc(-c2cc3c(cc2Br)OCO3)cn1. The van der Waals surface area contributed by atoms with E-state index < -0.39 is 11.7 Å². The predicted octanol–water partition coefficient (Wildman–Crippen LogP) is 4.24. The number of aromatic nitrogens is 1. The van der Waals surface area contributed by atoms with Crippen molar-refractivity contribution in [1.82, 2.24) is 4.98 Å². The van der Waals surface area contributed by atoms with Gasteiger partial charge in [-0.1, -0.05) is 15.9 Å². The topological polar surface area (TPSA) is 69.7 Å². The maximum Gasteiger partial charge on any atom is 0.261 e. The highest BCUT2D eigenvalue weighted by Gasteiger charge is 2.18. The van der Waals surface area contributed by atoms with Crippen LogP contribution in [0.1, 0.15) is 10.4 Å². The fraction of sp³-hybridized carbons (Fsp3) is 0.100. The van der Waals surface area contributed by atoms with Crippen LogP contribution in [0.2, 0.25) is 0 Å². The second kappa shape index (κ2) is 7.37. The Balaban J connectivity index is 1.56. The molecule has 0 saturated carbocycles. The summed E-state index contributed by atoms with van der Waals surface area (Å²) in [5.74, 6) is 0.459. The molecular formula is C20H12BrFN2O4. The van der Waals surface area contributed by atoms with Crippen LogP contribution in [0.3, 0.4) is 0 Å². The van der Waals surface area contributed by atoms with Gasteiger partial charge in [0.2, 0.25) is 6.79 Å². The van der Waals surface area contributed by atoms with Crippen molar-refractivity contribution in [3.63, 3.8) is 0 Å². The first-order valence-electron chi connectivity index (χ1n) is 8.09. The summed E-state index contributed by atoms with van der Waals surface area (Å²) in [6.07, 6.45) is 1.61. The van der Waals surface area contributed by atoms with Crippen molar-refractivity contribution in [2.75, 3.05) is 19.2 Å². The molecule has 3 aromatic rings. The summed E-state index contributed by atoms with van der Waals surface area (Å²) in [5.41, 5.74) is 1.68. The van der Waals surface area contributed by atoms with E-state index in [9.17, 15) is 9.18 Å². The zero-order valence-corrected chi connectivity index (χ0v) is 16.1. The van der Waals surface area contributed by atoms with Crippen molar-refractivity contribution < 1.29 is 23.4 Å². The quantitative estimate of drug-likeness (QED) is 0.654. The molecular weight excluding hydrogens is 431 g/mol. The molecule has 28 heavy (non-hydrogen) atoms. The Labute approximate surface area is 168 Å². The number of hydrogen-bond donors (Lipinski definition) is 1. The van der Waals surface area contributed by atoms with Gasteiger partial charge in [0.1, 0.15) is 5.82 Å². The summed E-state index contributed by atoms with van der Waals surface area (Å²) >= 11 is 3.51. The standard InChI is InChI=1S/C20H12BrFN2O4/c1-26-16-4-3-12(22)6-14(16)20(25)24-19-5-2-11(9-23-19)13-7-17-18(8-15(13)21)28-10-27-17/h2,5-9H,10H2,1H3,(H,23,24,25). The summed E-state index contributed by atoms with van der Waals surface area (Å²) in [7, 11) is 1.37. The number of carbonyl (C=O) groups is 1. The number of hydrogen-bond acceptors (Lipinski definition) is 5. The molecule has 0 bridgehead atoms. The second-order valence-electron chi connectivity index (χ2n) is 5.76. The fourth-order valence-electron chi connectivity index (χ4n) is 2.69. The lowest BCUT2D eigenvalue weighted by Gasteiger charge is -2.09. The molecule has 0 radical (unpaired) electrons. The molecule has 140 valence electrons. The summed E-state index contributed by atoms with van der Waals surface area (Å²) in [5, 5.41) is 2.61. The molecule has 0 aliphatic carbocycles. The van der Waals surface area contributed by atoms with Gasteiger partial charge in [-0.25, -0.2) is 4.98 Å². The number of amides is 1. The molecule has 0 spiro atoms. The second-order valence-corrected chi connectivity index (χ2v) is 6.62. The number of rotatable bonds is 4. The van der Waals surface area contributed by atoms with Crippen LogP contribution >= 0.6 is 15.9 Å². The van der Waals surface area contributed by atoms with Crippen molar-refractivity contribution in [2.45, 2.75) is 0 Å². The number of ether oxygens (including phenoxy) is 3. The Morgan fingerprint density at radius 2 is 2.04 bits per heavy atom. The van der Waals surface area contributed by atoms with Crippen LogP contribution < -0.4 is 19.5 Å². The van der Waals surface area contributed by atoms with Gasteiger partial charge in [0.15, 0.2) is 23.1 Å². The predicted molar refractivity (Wildman–Crippen MR) is 102 cm³/mol. The molecule has 1 aliphatic heterocycles. The number of methoxy groups -OCH3 is 1. The Morgan fingerprint density at radius 3 is 2.75 bits per heavy atom. The van der Waals surface area contributed by atoms with Crippen molar-refractivity contribution in [3.8, 4) is 28.4 Å². The first kappa shape index (κ1) is 18.1. The molecule has 2 aromatic carbocycles. The van der Waals surface area contributed by atoms with Crippen LogP contribution in [0.5, 0.6) is 17.2 Å². The summed E-state index contributed by atoms with van der Waals surface area (Å²) in [6, 6.07) is 12.8. The third-order valence-corrected chi connectivity index (χ3v) is 4.69. The third-order valence-electron chi connectivity index (χ3n) is 4.04. The maximum absolute atomic E-state index is 13.4. The molecule has 2 heterocycles. The number of benzene rings is 1. The van der Waals surface area contributed by atoms with E-state index in [0.29, 0.717) is 17.3 Å². The van der Waals surface area contributed by atoms with Gasteiger partial charge >= 0.3 is 0 Å². The molecule has 6 nitrogen and oxygen atoms in total. The van der Waals surface area contributed by atoms with Gasteiger partial charge in [0.25, 0.3) is 5.91 Å². The van der Waals surface area contributed by atoms with E-state index in [0.717, 1.165) is 21.7 Å². The highest BCUT2D eigenvalue weighted by molar-refractivity contribution is 9.10. The van der Waals surface area contributed by atoms with Crippen LogP contribution in [0, 0.1) is 17.9 Å². The Bertz CT molecular complexity index is 1060. The minimum absolute atomic E-state index is 0.00291. The minimum Gasteiger partial charge on any atom is -0.488 e. The Kier molecular flexibility index (Phi) is 4.75. The molecule has 4 rings (SSSR count). The van der Waals surface area contributed by atoms with Gasteiger partial charge in [0.05, 0.1) is 12.7 Å². The van der Waals surface area contributed by atoms with Crippen LogP contribution in [0.4, 0.5) is 10.2 Å². The Morgan fingerprint density at radius 1 is 1.25 bits per heavy atom. The number of anilines is 1. The van der Waals surface area contributed by atoms with Crippen molar-refractivity contribution in [1.29, 1.82) is 0 Å². The monoisotopic (exact) mass is 442 g/mol. The molecule has 1 N–H and O–H groups in total. The van der Waals surface area contributed by atoms with Crippen molar-refractivity contribution in [2.24, 2.45) is 0 Å². The lowest BCUT2D eigenvalue weighted by atomic mass is 10.1. The van der Waals surface area contributed by atoms with E-state index in [1.54, 1.807) is 18.3 Å². The van der Waals surface area contributed by atoms with Crippen LogP contribution in [-0.2, 0) is 0 Å². The number of pyridine rings is 1. The number of fused-ring (bicyclic) bond motifs is 1. The average molecular weight is 443 g/mol. The van der Waals surface area contributed by atoms with Gasteiger partial charge in [-0.05, 0) is 42.5 Å². The van der Waals surface area contributed by atoms with Crippen molar-refractivity contribution >= 4 is 27.7 Å². The molecule has 1 amide bonds. The van der Waals surface area contributed by atoms with Gasteiger partial charge in [0, 0.05) is 21.8 Å². The zero-order valence-electron chi connectivity index (χ0n) is 14.5. The molecule has 8 heteroatoms. The summed E-state index contributed by atoms with van der Waals surface area (Å²) in [6.45, 7) is 0.188. The van der Waals surface area contributed by atoms with E-state index in [1.807, 2.05) is 12.1 Å². The van der Waals surface area contributed by atoms with Crippen LogP contribution in [-0.4, -0.2) is 24.8 Å². The van der Waals surface area contributed by atoms with Crippen LogP contribution in [0.25, 0.3) is 11.1 Å². The minimum atomic E-state index is -0.707. The first-order valence-corrected chi connectivity index (χ1v) is 8.89. The maximum atomic E-state index is 13.4. The third kappa shape index (κ3) is 3.44. The molecule has 1 aliphatic rings. The highest BCUT2D eigenvalue weighted by Crippen LogP contribution is 2.41. The highest BCUT2D eigenvalue weighted by atomic mass is 79.9. The van der Waals surface area contributed by atoms with Crippen LogP contribution in [0.15, 0.2) is 41.0 Å². The van der Waals surface area contributed by atoms with Gasteiger partial charge in [-0.15, -0.1) is 0 Å². The number of nitrogens with zero attached hydrogens (tertiary/aromatic N) is 1. The Hall–Kier alpha value is -3.31. The average Bonchev–Trinajstić information content (AvgIpc) is 3.15. The summed E-state index contributed by atoms with van der Waals surface area (Å²) in [4.78, 5) is 16.7. The van der Waals surface area contributed by atoms with Gasteiger partial charge in [-0.2, -0.15) is 4.39 Å². The van der Waals surface area contributed by atoms with E-state index in [4.69, 9.17) is 14.2 Å². The zero-order chi connectivity index (χ0) is 19.7. The van der Waals surface area contributed by atoms with E-state index in [-0.39, 0.29) is 18.1 Å². The van der Waals surface area contributed by atoms with E-state index >= 15 is 0 Å². The normalized spacial score (nSPS) is 11.7. The molecule has 0 saturated heterocycles. The number of halogens is 2. The lowest BCUT2D eigenvalue weighted by molar-refractivity contribution is 0.102. The first-order chi connectivity index (χ1) is 13.5. The van der Waals surface area contributed by atoms with Gasteiger partial charge < -0.3 is 19.5 Å². The smallest absolute Gasteiger partial charge is 0.261 e. The van der Waals surface area contributed by atoms with E-state index in [2.05, 4.69) is 38.4 Å². The molecule has 1 aromatic heterocycles. The largest absolute Gasteiger partial charge is 0.488 e. The lowest BCUT2D eigenvalue weighted by Crippen LogP contribution is -2.14. The number of carbonyl (C=O) groups excluding carboxylic acids is 1. The molecule has 0 unspecified atom stereocenters. The van der Waals surface area contributed by atoms with Gasteiger partial charge in [-0.3, -0.25) is 4.79 Å². The summed E-state index contributed by atoms with van der Waals surface area (Å²) < 4.78 is 30.0. The fourth-order valence-corrected chi connectivity index (χ4v) is 3.24.